The maximum Gasteiger partial charge on any atom is 0.328 e. The van der Waals surface area contributed by atoms with E-state index in [1.165, 1.54) is 31.4 Å². The van der Waals surface area contributed by atoms with Crippen LogP contribution in [0.25, 0.3) is 0 Å². The van der Waals surface area contributed by atoms with Gasteiger partial charge < -0.3 is 5.32 Å². The number of nitrogens with one attached hydrogen (secondary N) is 2. The summed E-state index contributed by atoms with van der Waals surface area (Å²) in [6.07, 6.45) is 7.20. The van der Waals surface area contributed by atoms with Crippen LogP contribution in [0.1, 0.15) is 43.8 Å². The molecule has 26 heavy (non-hydrogen) atoms. The fraction of sp³-hybridized carbons (Fsp3) is 0.421. The molecule has 0 spiro atoms. The smallest absolute Gasteiger partial charge is 0.328 e. The fourth-order valence-corrected chi connectivity index (χ4v) is 3.72. The summed E-state index contributed by atoms with van der Waals surface area (Å²) in [5, 5.41) is 10.3. The highest BCUT2D eigenvalue weighted by Crippen LogP contribution is 2.30. The first-order valence-corrected chi connectivity index (χ1v) is 9.18. The zero-order valence-electron chi connectivity index (χ0n) is 14.6. The molecule has 0 atom stereocenters. The molecule has 2 aromatic rings. The van der Waals surface area contributed by atoms with Crippen LogP contribution in [-0.4, -0.2) is 28.3 Å². The van der Waals surface area contributed by atoms with Crippen molar-refractivity contribution in [3.63, 3.8) is 0 Å². The first-order valence-electron chi connectivity index (χ1n) is 9.18. The number of hydrogen-bond donors (Lipinski definition) is 2. The van der Waals surface area contributed by atoms with Gasteiger partial charge >= 0.3 is 6.03 Å². The van der Waals surface area contributed by atoms with Crippen LogP contribution in [0, 0.1) is 0 Å². The molecule has 2 fully saturated rings. The maximum absolute atomic E-state index is 11.9. The SMILES string of the molecule is O=C1CCN(c2ccc(NCc3ccnn3C3CCCC3)cc2)C(=O)N1. The highest BCUT2D eigenvalue weighted by atomic mass is 16.2. The average molecular weight is 353 g/mol. The molecule has 2 N–H and O–H groups in total. The van der Waals surface area contributed by atoms with E-state index in [2.05, 4.69) is 26.5 Å². The number of benzene rings is 1. The monoisotopic (exact) mass is 353 g/mol. The summed E-state index contributed by atoms with van der Waals surface area (Å²) < 4.78 is 2.16. The molecule has 7 nitrogen and oxygen atoms in total. The zero-order chi connectivity index (χ0) is 17.9. The molecule has 0 bridgehead atoms. The Labute approximate surface area is 152 Å². The van der Waals surface area contributed by atoms with Gasteiger partial charge in [0.25, 0.3) is 0 Å². The molecule has 0 unspecified atom stereocenters. The summed E-state index contributed by atoms with van der Waals surface area (Å²) in [4.78, 5) is 24.7. The summed E-state index contributed by atoms with van der Waals surface area (Å²) in [5.41, 5.74) is 2.97. The van der Waals surface area contributed by atoms with Crippen molar-refractivity contribution in [3.8, 4) is 0 Å². The van der Waals surface area contributed by atoms with Crippen molar-refractivity contribution >= 4 is 23.3 Å². The summed E-state index contributed by atoms with van der Waals surface area (Å²) in [6.45, 7) is 1.13. The Morgan fingerprint density at radius 2 is 1.88 bits per heavy atom. The van der Waals surface area contributed by atoms with Gasteiger partial charge in [0.2, 0.25) is 5.91 Å². The van der Waals surface area contributed by atoms with Crippen LogP contribution in [0.2, 0.25) is 0 Å². The van der Waals surface area contributed by atoms with Gasteiger partial charge in [0.05, 0.1) is 18.3 Å². The standard InChI is InChI=1S/C19H23N5O2/c25-18-10-12-23(19(26)22-18)15-7-5-14(6-8-15)20-13-17-9-11-21-24(17)16-3-1-2-4-16/h5-9,11,16,20H,1-4,10,12-13H2,(H,22,25,26). The lowest BCUT2D eigenvalue weighted by Gasteiger charge is -2.26. The van der Waals surface area contributed by atoms with Crippen LogP contribution >= 0.6 is 0 Å². The number of rotatable bonds is 5. The number of carbonyl (C=O) groups is 2. The summed E-state index contributed by atoms with van der Waals surface area (Å²) >= 11 is 0. The van der Waals surface area contributed by atoms with E-state index in [0.29, 0.717) is 25.6 Å². The predicted octanol–water partition coefficient (Wildman–Crippen LogP) is 3.06. The Kier molecular flexibility index (Phi) is 4.60. The fourth-order valence-electron chi connectivity index (χ4n) is 3.72. The van der Waals surface area contributed by atoms with Gasteiger partial charge in [-0.2, -0.15) is 5.10 Å². The van der Waals surface area contributed by atoms with E-state index in [9.17, 15) is 9.59 Å². The number of nitrogens with zero attached hydrogens (tertiary/aromatic N) is 3. The maximum atomic E-state index is 11.9. The highest BCUT2D eigenvalue weighted by molar-refractivity contribution is 6.05. The second kappa shape index (κ2) is 7.19. The van der Waals surface area contributed by atoms with E-state index < -0.39 is 0 Å². The molecular weight excluding hydrogens is 330 g/mol. The molecular formula is C19H23N5O2. The Morgan fingerprint density at radius 1 is 1.12 bits per heavy atom. The number of carbonyl (C=O) groups excluding carboxylic acids is 2. The third-order valence-corrected chi connectivity index (χ3v) is 5.13. The molecule has 4 rings (SSSR count). The van der Waals surface area contributed by atoms with Crippen molar-refractivity contribution in [2.75, 3.05) is 16.8 Å². The number of amides is 3. The van der Waals surface area contributed by atoms with Crippen LogP contribution in [0.4, 0.5) is 16.2 Å². The summed E-state index contributed by atoms with van der Waals surface area (Å²) in [7, 11) is 0. The van der Waals surface area contributed by atoms with Crippen LogP contribution < -0.4 is 15.5 Å². The lowest BCUT2D eigenvalue weighted by molar-refractivity contribution is -0.120. The summed E-state index contributed by atoms with van der Waals surface area (Å²) in [5.74, 6) is -0.219. The van der Waals surface area contributed by atoms with Gasteiger partial charge in [-0.25, -0.2) is 4.79 Å². The second-order valence-electron chi connectivity index (χ2n) is 6.86. The number of imide groups is 1. The first-order chi connectivity index (χ1) is 12.7. The molecule has 1 saturated heterocycles. The van der Waals surface area contributed by atoms with Gasteiger partial charge in [-0.15, -0.1) is 0 Å². The minimum atomic E-state index is -0.359. The van der Waals surface area contributed by atoms with Crippen LogP contribution in [-0.2, 0) is 11.3 Å². The van der Waals surface area contributed by atoms with Gasteiger partial charge in [0.15, 0.2) is 0 Å². The van der Waals surface area contributed by atoms with E-state index in [1.807, 2.05) is 30.5 Å². The van der Waals surface area contributed by atoms with Crippen molar-refractivity contribution in [2.45, 2.75) is 44.7 Å². The normalized spacial score (nSPS) is 18.2. The lowest BCUT2D eigenvalue weighted by Crippen LogP contribution is -2.49. The quantitative estimate of drug-likeness (QED) is 0.866. The first kappa shape index (κ1) is 16.6. The van der Waals surface area contributed by atoms with Gasteiger partial charge in [0, 0.05) is 30.5 Å². The predicted molar refractivity (Wildman–Crippen MR) is 99.0 cm³/mol. The van der Waals surface area contributed by atoms with Gasteiger partial charge in [-0.3, -0.25) is 19.7 Å². The molecule has 7 heteroatoms. The molecule has 1 saturated carbocycles. The van der Waals surface area contributed by atoms with E-state index in [0.717, 1.165) is 11.4 Å². The van der Waals surface area contributed by atoms with Crippen LogP contribution in [0.5, 0.6) is 0 Å². The Balaban J connectivity index is 1.38. The Hall–Kier alpha value is -2.83. The molecule has 2 aliphatic rings. The molecule has 1 aromatic carbocycles. The van der Waals surface area contributed by atoms with Crippen molar-refractivity contribution < 1.29 is 9.59 Å². The second-order valence-corrected chi connectivity index (χ2v) is 6.86. The van der Waals surface area contributed by atoms with Gasteiger partial charge in [-0.05, 0) is 43.2 Å². The minimum absolute atomic E-state index is 0.219. The molecule has 1 aliphatic carbocycles. The Morgan fingerprint density at radius 3 is 2.62 bits per heavy atom. The topological polar surface area (TPSA) is 79.3 Å². The van der Waals surface area contributed by atoms with Crippen molar-refractivity contribution in [3.05, 3.63) is 42.2 Å². The van der Waals surface area contributed by atoms with E-state index in [-0.39, 0.29) is 11.9 Å². The minimum Gasteiger partial charge on any atom is -0.379 e. The highest BCUT2D eigenvalue weighted by Gasteiger charge is 2.24. The van der Waals surface area contributed by atoms with Crippen molar-refractivity contribution in [2.24, 2.45) is 0 Å². The van der Waals surface area contributed by atoms with Crippen molar-refractivity contribution in [1.29, 1.82) is 0 Å². The zero-order valence-corrected chi connectivity index (χ0v) is 14.6. The molecule has 136 valence electrons. The average Bonchev–Trinajstić information content (AvgIpc) is 3.32. The largest absolute Gasteiger partial charge is 0.379 e. The van der Waals surface area contributed by atoms with Gasteiger partial charge in [-0.1, -0.05) is 12.8 Å². The molecule has 1 aliphatic heterocycles. The number of hydrogen-bond acceptors (Lipinski definition) is 4. The molecule has 3 amide bonds. The third kappa shape index (κ3) is 3.42. The third-order valence-electron chi connectivity index (χ3n) is 5.13. The van der Waals surface area contributed by atoms with E-state index >= 15 is 0 Å². The Bertz CT molecular complexity index is 793. The van der Waals surface area contributed by atoms with E-state index in [1.54, 1.807) is 4.90 Å². The molecule has 0 radical (unpaired) electrons. The van der Waals surface area contributed by atoms with E-state index in [4.69, 9.17) is 0 Å². The molecule has 1 aromatic heterocycles. The van der Waals surface area contributed by atoms with Crippen LogP contribution in [0.15, 0.2) is 36.5 Å². The number of anilines is 2. The summed E-state index contributed by atoms with van der Waals surface area (Å²) in [6, 6.07) is 9.93. The number of urea groups is 1. The van der Waals surface area contributed by atoms with Gasteiger partial charge in [0.1, 0.15) is 0 Å². The lowest BCUT2D eigenvalue weighted by atomic mass is 10.2. The molecule has 2 heterocycles. The van der Waals surface area contributed by atoms with Crippen molar-refractivity contribution in [1.82, 2.24) is 15.1 Å². The number of aromatic nitrogens is 2. The van der Waals surface area contributed by atoms with Crippen LogP contribution in [0.3, 0.4) is 0 Å².